The molecule has 0 aromatic carbocycles. The molecule has 0 bridgehead atoms. The summed E-state index contributed by atoms with van der Waals surface area (Å²) in [7, 11) is 0. The van der Waals surface area contributed by atoms with Crippen LogP contribution in [0.3, 0.4) is 0 Å². The number of aliphatic hydroxyl groups is 1. The zero-order valence-corrected chi connectivity index (χ0v) is 14.0. The fraction of sp³-hybridized carbons (Fsp3) is 0.647. The highest BCUT2D eigenvalue weighted by Crippen LogP contribution is 2.12. The van der Waals surface area contributed by atoms with Crippen LogP contribution in [0.1, 0.15) is 6.42 Å². The van der Waals surface area contributed by atoms with E-state index < -0.39 is 0 Å². The number of hydrogen-bond donors (Lipinski definition) is 3. The first-order chi connectivity index (χ1) is 11.7. The Bertz CT molecular complexity index is 519. The van der Waals surface area contributed by atoms with Crippen molar-refractivity contribution in [2.75, 3.05) is 57.3 Å². The Hall–Kier alpha value is -1.70. The molecule has 0 aliphatic carbocycles. The maximum absolute atomic E-state index is 12.0. The minimum Gasteiger partial charge on any atom is -0.391 e. The van der Waals surface area contributed by atoms with Crippen molar-refractivity contribution in [1.29, 1.82) is 0 Å². The van der Waals surface area contributed by atoms with Crippen molar-refractivity contribution >= 4 is 11.7 Å². The smallest absolute Gasteiger partial charge is 0.221 e. The molecular formula is C17H27N5O2. The van der Waals surface area contributed by atoms with Gasteiger partial charge in [-0.3, -0.25) is 9.69 Å². The van der Waals surface area contributed by atoms with Gasteiger partial charge in [0.05, 0.1) is 6.10 Å². The number of aliphatic hydroxyl groups excluding tert-OH is 1. The third kappa shape index (κ3) is 4.66. The van der Waals surface area contributed by atoms with E-state index in [4.69, 9.17) is 0 Å². The van der Waals surface area contributed by atoms with Gasteiger partial charge in [-0.05, 0) is 12.1 Å². The van der Waals surface area contributed by atoms with E-state index >= 15 is 0 Å². The molecule has 132 valence electrons. The Morgan fingerprint density at radius 2 is 2.12 bits per heavy atom. The molecule has 2 aliphatic rings. The number of rotatable bonds is 6. The van der Waals surface area contributed by atoms with Gasteiger partial charge in [-0.1, -0.05) is 6.07 Å². The number of carbonyl (C=O) groups is 1. The van der Waals surface area contributed by atoms with Gasteiger partial charge in [-0.2, -0.15) is 0 Å². The fourth-order valence-electron chi connectivity index (χ4n) is 3.26. The van der Waals surface area contributed by atoms with Gasteiger partial charge in [0.15, 0.2) is 0 Å². The van der Waals surface area contributed by atoms with E-state index in [1.54, 1.807) is 0 Å². The number of aromatic nitrogens is 1. The summed E-state index contributed by atoms with van der Waals surface area (Å²) in [5.74, 6) is 1.23. The van der Waals surface area contributed by atoms with E-state index in [-0.39, 0.29) is 17.9 Å². The second kappa shape index (κ2) is 8.41. The predicted molar refractivity (Wildman–Crippen MR) is 92.9 cm³/mol. The molecule has 2 saturated heterocycles. The molecule has 0 saturated carbocycles. The van der Waals surface area contributed by atoms with Crippen molar-refractivity contribution in [3.63, 3.8) is 0 Å². The van der Waals surface area contributed by atoms with Crippen LogP contribution in [0.5, 0.6) is 0 Å². The van der Waals surface area contributed by atoms with Gasteiger partial charge in [0, 0.05) is 70.9 Å². The molecule has 7 heteroatoms. The molecule has 1 amide bonds. The lowest BCUT2D eigenvalue weighted by molar-refractivity contribution is -0.121. The minimum atomic E-state index is -0.343. The molecule has 0 radical (unpaired) electrons. The van der Waals surface area contributed by atoms with Gasteiger partial charge in [-0.15, -0.1) is 0 Å². The van der Waals surface area contributed by atoms with Gasteiger partial charge in [-0.25, -0.2) is 4.98 Å². The topological polar surface area (TPSA) is 80.7 Å². The standard InChI is InChI=1S/C17H27N5O2/c23-15-13-18-11-14(15)12-20-17(24)4-6-21-7-9-22(10-8-21)16-3-1-2-5-19-16/h1-3,5,14-15,18,23H,4,6-13H2,(H,20,24). The predicted octanol–water partition coefficient (Wildman–Crippen LogP) is -0.710. The Morgan fingerprint density at radius 1 is 1.29 bits per heavy atom. The lowest BCUT2D eigenvalue weighted by atomic mass is 10.1. The summed E-state index contributed by atoms with van der Waals surface area (Å²) in [4.78, 5) is 21.0. The zero-order valence-electron chi connectivity index (χ0n) is 14.0. The van der Waals surface area contributed by atoms with Crippen molar-refractivity contribution in [1.82, 2.24) is 20.5 Å². The van der Waals surface area contributed by atoms with Gasteiger partial charge >= 0.3 is 0 Å². The van der Waals surface area contributed by atoms with E-state index in [0.717, 1.165) is 45.1 Å². The van der Waals surface area contributed by atoms with Crippen LogP contribution in [0.2, 0.25) is 0 Å². The summed E-state index contributed by atoms with van der Waals surface area (Å²) in [5.41, 5.74) is 0. The van der Waals surface area contributed by atoms with Gasteiger partial charge in [0.2, 0.25) is 5.91 Å². The summed E-state index contributed by atoms with van der Waals surface area (Å²) < 4.78 is 0. The summed E-state index contributed by atoms with van der Waals surface area (Å²) in [5, 5.41) is 15.8. The molecule has 2 atom stereocenters. The quantitative estimate of drug-likeness (QED) is 0.638. The molecule has 7 nitrogen and oxygen atoms in total. The number of amides is 1. The third-order valence-electron chi connectivity index (χ3n) is 4.87. The van der Waals surface area contributed by atoms with Gasteiger partial charge in [0.1, 0.15) is 5.82 Å². The highest BCUT2D eigenvalue weighted by molar-refractivity contribution is 5.76. The molecule has 2 fully saturated rings. The largest absolute Gasteiger partial charge is 0.391 e. The Balaban J connectivity index is 1.32. The molecule has 2 aliphatic heterocycles. The van der Waals surface area contributed by atoms with E-state index in [9.17, 15) is 9.90 Å². The zero-order chi connectivity index (χ0) is 16.8. The maximum atomic E-state index is 12.0. The first-order valence-electron chi connectivity index (χ1n) is 8.76. The third-order valence-corrected chi connectivity index (χ3v) is 4.87. The van der Waals surface area contributed by atoms with Crippen molar-refractivity contribution in [2.45, 2.75) is 12.5 Å². The molecule has 3 heterocycles. The number of carbonyl (C=O) groups excluding carboxylic acids is 1. The molecular weight excluding hydrogens is 306 g/mol. The lowest BCUT2D eigenvalue weighted by Crippen LogP contribution is -2.47. The second-order valence-electron chi connectivity index (χ2n) is 6.56. The Morgan fingerprint density at radius 3 is 2.79 bits per heavy atom. The highest BCUT2D eigenvalue weighted by atomic mass is 16.3. The van der Waals surface area contributed by atoms with E-state index in [1.165, 1.54) is 0 Å². The molecule has 2 unspecified atom stereocenters. The summed E-state index contributed by atoms with van der Waals surface area (Å²) >= 11 is 0. The molecule has 3 rings (SSSR count). The van der Waals surface area contributed by atoms with Crippen LogP contribution in [0.15, 0.2) is 24.4 Å². The summed E-state index contributed by atoms with van der Waals surface area (Å²) in [6, 6.07) is 5.98. The van der Waals surface area contributed by atoms with Gasteiger partial charge < -0.3 is 20.6 Å². The first kappa shape index (κ1) is 17.1. The van der Waals surface area contributed by atoms with E-state index in [2.05, 4.69) is 25.4 Å². The van der Waals surface area contributed by atoms with Crippen molar-refractivity contribution in [2.24, 2.45) is 5.92 Å². The highest BCUT2D eigenvalue weighted by Gasteiger charge is 2.25. The van der Waals surface area contributed by atoms with Crippen molar-refractivity contribution in [3.8, 4) is 0 Å². The normalized spacial score (nSPS) is 25.0. The Labute approximate surface area is 143 Å². The van der Waals surface area contributed by atoms with Crippen LogP contribution in [0.4, 0.5) is 5.82 Å². The van der Waals surface area contributed by atoms with Crippen LogP contribution >= 0.6 is 0 Å². The number of nitrogens with one attached hydrogen (secondary N) is 2. The van der Waals surface area contributed by atoms with E-state index in [1.807, 2.05) is 24.4 Å². The SMILES string of the molecule is O=C(CCN1CCN(c2ccccn2)CC1)NCC1CNCC1O. The second-order valence-corrected chi connectivity index (χ2v) is 6.56. The van der Waals surface area contributed by atoms with Crippen LogP contribution < -0.4 is 15.5 Å². The average Bonchev–Trinajstić information content (AvgIpc) is 3.04. The molecule has 24 heavy (non-hydrogen) atoms. The minimum absolute atomic E-state index is 0.0706. The van der Waals surface area contributed by atoms with Crippen LogP contribution in [-0.4, -0.2) is 79.4 Å². The van der Waals surface area contributed by atoms with Gasteiger partial charge in [0.25, 0.3) is 0 Å². The fourth-order valence-corrected chi connectivity index (χ4v) is 3.26. The number of piperazine rings is 1. The average molecular weight is 333 g/mol. The number of anilines is 1. The number of β-amino-alcohol motifs (C(OH)–C–C–N with tert-alkyl or cyclic N) is 1. The number of nitrogens with zero attached hydrogens (tertiary/aromatic N) is 3. The lowest BCUT2D eigenvalue weighted by Gasteiger charge is -2.35. The van der Waals surface area contributed by atoms with Crippen molar-refractivity contribution in [3.05, 3.63) is 24.4 Å². The van der Waals surface area contributed by atoms with Crippen LogP contribution in [-0.2, 0) is 4.79 Å². The number of pyridine rings is 1. The Kier molecular flexibility index (Phi) is 6.01. The monoisotopic (exact) mass is 333 g/mol. The summed E-state index contributed by atoms with van der Waals surface area (Å²) in [6.45, 7) is 6.53. The maximum Gasteiger partial charge on any atom is 0.221 e. The number of hydrogen-bond acceptors (Lipinski definition) is 6. The molecule has 1 aromatic rings. The van der Waals surface area contributed by atoms with Crippen molar-refractivity contribution < 1.29 is 9.90 Å². The molecule has 3 N–H and O–H groups in total. The van der Waals surface area contributed by atoms with Crippen LogP contribution in [0, 0.1) is 5.92 Å². The molecule has 0 spiro atoms. The molecule has 1 aromatic heterocycles. The first-order valence-corrected chi connectivity index (χ1v) is 8.76. The van der Waals surface area contributed by atoms with E-state index in [0.29, 0.717) is 19.5 Å². The summed E-state index contributed by atoms with van der Waals surface area (Å²) in [6.07, 6.45) is 1.99. The van der Waals surface area contributed by atoms with Crippen LogP contribution in [0.25, 0.3) is 0 Å².